The van der Waals surface area contributed by atoms with E-state index in [2.05, 4.69) is 16.9 Å². The van der Waals surface area contributed by atoms with Crippen LogP contribution in [0.2, 0.25) is 0 Å². The van der Waals surface area contributed by atoms with E-state index < -0.39 is 10.0 Å². The maximum absolute atomic E-state index is 12.4. The summed E-state index contributed by atoms with van der Waals surface area (Å²) < 4.78 is 27.4. The molecule has 0 saturated heterocycles. The summed E-state index contributed by atoms with van der Waals surface area (Å²) in [6.45, 7) is 4.16. The molecule has 136 valence electrons. The molecule has 0 bridgehead atoms. The van der Waals surface area contributed by atoms with Gasteiger partial charge in [-0.25, -0.2) is 13.4 Å². The minimum Gasteiger partial charge on any atom is -0.379 e. The van der Waals surface area contributed by atoms with Crippen LogP contribution < -0.4 is 10.9 Å². The standard InChI is InChI=1S/C17H18N4O3S2/c1-3-8-20(2)26(23,24)15-6-4-13(5-7-15)18-12-14-11-16(22)21-9-10-25-17(21)19-14/h3-7,9-11,18H,1,8,12H2,2H3. The smallest absolute Gasteiger partial charge is 0.258 e. The zero-order valence-corrected chi connectivity index (χ0v) is 15.8. The quantitative estimate of drug-likeness (QED) is 0.625. The SMILES string of the molecule is C=CCN(C)S(=O)(=O)c1ccc(NCc2cc(=O)n3ccsc3n2)cc1. The number of sulfonamides is 1. The highest BCUT2D eigenvalue weighted by Gasteiger charge is 2.19. The van der Waals surface area contributed by atoms with Crippen molar-refractivity contribution in [1.82, 2.24) is 13.7 Å². The Hall–Kier alpha value is -2.49. The van der Waals surface area contributed by atoms with Gasteiger partial charge in [0.15, 0.2) is 4.96 Å². The van der Waals surface area contributed by atoms with Crippen LogP contribution >= 0.6 is 11.3 Å². The van der Waals surface area contributed by atoms with Crippen molar-refractivity contribution < 1.29 is 8.42 Å². The number of fused-ring (bicyclic) bond motifs is 1. The Morgan fingerprint density at radius 1 is 1.35 bits per heavy atom. The Labute approximate surface area is 155 Å². The van der Waals surface area contributed by atoms with Crippen molar-refractivity contribution >= 4 is 32.0 Å². The van der Waals surface area contributed by atoms with E-state index in [1.165, 1.54) is 39.2 Å². The van der Waals surface area contributed by atoms with Crippen molar-refractivity contribution in [2.24, 2.45) is 0 Å². The molecule has 0 saturated carbocycles. The monoisotopic (exact) mass is 390 g/mol. The Kier molecular flexibility index (Phi) is 5.21. The van der Waals surface area contributed by atoms with Crippen LogP contribution in [0, 0.1) is 0 Å². The molecular weight excluding hydrogens is 372 g/mol. The molecule has 0 fully saturated rings. The van der Waals surface area contributed by atoms with Crippen molar-refractivity contribution in [2.45, 2.75) is 11.4 Å². The van der Waals surface area contributed by atoms with Gasteiger partial charge in [0, 0.05) is 36.9 Å². The maximum atomic E-state index is 12.4. The Morgan fingerprint density at radius 3 is 2.77 bits per heavy atom. The summed E-state index contributed by atoms with van der Waals surface area (Å²) in [6, 6.07) is 7.94. The van der Waals surface area contributed by atoms with Gasteiger partial charge < -0.3 is 5.32 Å². The second kappa shape index (κ2) is 7.40. The lowest BCUT2D eigenvalue weighted by atomic mass is 10.3. The van der Waals surface area contributed by atoms with E-state index in [1.54, 1.807) is 30.5 Å². The average Bonchev–Trinajstić information content (AvgIpc) is 3.10. The maximum Gasteiger partial charge on any atom is 0.258 e. The molecule has 0 aliphatic carbocycles. The van der Waals surface area contributed by atoms with E-state index in [9.17, 15) is 13.2 Å². The number of rotatable bonds is 7. The summed E-state index contributed by atoms with van der Waals surface area (Å²) >= 11 is 1.39. The zero-order chi connectivity index (χ0) is 18.7. The van der Waals surface area contributed by atoms with Crippen LogP contribution in [0.15, 0.2) is 64.3 Å². The molecule has 0 aliphatic rings. The number of hydrogen-bond donors (Lipinski definition) is 1. The first-order valence-corrected chi connectivity index (χ1v) is 10.1. The first-order valence-electron chi connectivity index (χ1n) is 7.79. The number of likely N-dealkylation sites (N-methyl/N-ethyl adjacent to an activating group) is 1. The van der Waals surface area contributed by atoms with Gasteiger partial charge in [0.2, 0.25) is 10.0 Å². The molecule has 0 spiro atoms. The molecule has 0 radical (unpaired) electrons. The molecule has 2 heterocycles. The van der Waals surface area contributed by atoms with Crippen LogP contribution in [0.3, 0.4) is 0 Å². The normalized spacial score (nSPS) is 11.8. The number of benzene rings is 1. The highest BCUT2D eigenvalue weighted by Crippen LogP contribution is 2.18. The van der Waals surface area contributed by atoms with Crippen molar-refractivity contribution in [3.8, 4) is 0 Å². The highest BCUT2D eigenvalue weighted by atomic mass is 32.2. The third kappa shape index (κ3) is 3.69. The van der Waals surface area contributed by atoms with E-state index in [0.29, 0.717) is 17.2 Å². The van der Waals surface area contributed by atoms with Crippen LogP contribution in [-0.2, 0) is 16.6 Å². The Morgan fingerprint density at radius 2 is 2.08 bits per heavy atom. The number of thiazole rings is 1. The van der Waals surface area contributed by atoms with Crippen LogP contribution in [0.1, 0.15) is 5.69 Å². The number of nitrogens with zero attached hydrogens (tertiary/aromatic N) is 3. The fourth-order valence-electron chi connectivity index (χ4n) is 2.38. The van der Waals surface area contributed by atoms with Gasteiger partial charge in [0.05, 0.1) is 17.1 Å². The minimum absolute atomic E-state index is 0.125. The molecular formula is C17H18N4O3S2. The topological polar surface area (TPSA) is 83.8 Å². The van der Waals surface area contributed by atoms with Crippen LogP contribution in [0.5, 0.6) is 0 Å². The molecule has 3 aromatic rings. The molecule has 1 N–H and O–H groups in total. The van der Waals surface area contributed by atoms with Crippen LogP contribution in [0.4, 0.5) is 5.69 Å². The Bertz CT molecular complexity index is 1090. The molecule has 0 aliphatic heterocycles. The zero-order valence-electron chi connectivity index (χ0n) is 14.1. The third-order valence-corrected chi connectivity index (χ3v) is 6.37. The predicted octanol–water partition coefficient (Wildman–Crippen LogP) is 2.17. The largest absolute Gasteiger partial charge is 0.379 e. The number of anilines is 1. The lowest BCUT2D eigenvalue weighted by Crippen LogP contribution is -2.26. The lowest BCUT2D eigenvalue weighted by Gasteiger charge is -2.15. The summed E-state index contributed by atoms with van der Waals surface area (Å²) in [4.78, 5) is 17.2. The van der Waals surface area contributed by atoms with Gasteiger partial charge in [-0.05, 0) is 24.3 Å². The Balaban J connectivity index is 1.73. The van der Waals surface area contributed by atoms with Crippen molar-refractivity contribution in [2.75, 3.05) is 18.9 Å². The first kappa shape index (κ1) is 18.3. The van der Waals surface area contributed by atoms with E-state index in [0.717, 1.165) is 5.69 Å². The molecule has 1 aromatic carbocycles. The minimum atomic E-state index is -3.53. The molecule has 0 amide bonds. The van der Waals surface area contributed by atoms with Crippen molar-refractivity contribution in [1.29, 1.82) is 0 Å². The second-order valence-corrected chi connectivity index (χ2v) is 8.51. The van der Waals surface area contributed by atoms with E-state index in [1.807, 2.05) is 5.38 Å². The molecule has 9 heteroatoms. The molecule has 0 atom stereocenters. The summed E-state index contributed by atoms with van der Waals surface area (Å²) in [5.41, 5.74) is 1.24. The molecule has 7 nitrogen and oxygen atoms in total. The summed E-state index contributed by atoms with van der Waals surface area (Å²) in [7, 11) is -2.02. The third-order valence-electron chi connectivity index (χ3n) is 3.78. The summed E-state index contributed by atoms with van der Waals surface area (Å²) in [5, 5.41) is 4.96. The second-order valence-electron chi connectivity index (χ2n) is 5.59. The van der Waals surface area contributed by atoms with E-state index in [4.69, 9.17) is 0 Å². The van der Waals surface area contributed by atoms with Crippen molar-refractivity contribution in [3.63, 3.8) is 0 Å². The number of nitrogens with one attached hydrogen (secondary N) is 1. The molecule has 26 heavy (non-hydrogen) atoms. The van der Waals surface area contributed by atoms with Gasteiger partial charge in [-0.3, -0.25) is 9.20 Å². The summed E-state index contributed by atoms with van der Waals surface area (Å²) in [5.74, 6) is 0. The summed E-state index contributed by atoms with van der Waals surface area (Å²) in [6.07, 6.45) is 3.22. The fourth-order valence-corrected chi connectivity index (χ4v) is 4.26. The van der Waals surface area contributed by atoms with Gasteiger partial charge in [0.25, 0.3) is 5.56 Å². The number of aromatic nitrogens is 2. The van der Waals surface area contributed by atoms with Gasteiger partial charge in [-0.2, -0.15) is 4.31 Å². The lowest BCUT2D eigenvalue weighted by molar-refractivity contribution is 0.499. The van der Waals surface area contributed by atoms with Crippen LogP contribution in [0.25, 0.3) is 4.96 Å². The van der Waals surface area contributed by atoms with Crippen LogP contribution in [-0.4, -0.2) is 35.7 Å². The fraction of sp³-hybridized carbons (Fsp3) is 0.176. The molecule has 3 rings (SSSR count). The van der Waals surface area contributed by atoms with Gasteiger partial charge in [-0.15, -0.1) is 17.9 Å². The number of hydrogen-bond acceptors (Lipinski definition) is 6. The van der Waals surface area contributed by atoms with Gasteiger partial charge in [0.1, 0.15) is 0 Å². The van der Waals surface area contributed by atoms with E-state index >= 15 is 0 Å². The predicted molar refractivity (Wildman–Crippen MR) is 103 cm³/mol. The van der Waals surface area contributed by atoms with Crippen molar-refractivity contribution in [3.05, 3.63) is 70.6 Å². The first-order chi connectivity index (χ1) is 12.4. The van der Waals surface area contributed by atoms with E-state index in [-0.39, 0.29) is 17.0 Å². The highest BCUT2D eigenvalue weighted by molar-refractivity contribution is 7.89. The van der Waals surface area contributed by atoms with Gasteiger partial charge in [-0.1, -0.05) is 6.08 Å². The van der Waals surface area contributed by atoms with Gasteiger partial charge >= 0.3 is 0 Å². The molecule has 0 unspecified atom stereocenters. The molecule has 2 aromatic heterocycles. The average molecular weight is 390 g/mol.